The van der Waals surface area contributed by atoms with Gasteiger partial charge in [0, 0.05) is 11.8 Å². The molecule has 0 saturated carbocycles. The van der Waals surface area contributed by atoms with Gasteiger partial charge in [0.25, 0.3) is 0 Å². The van der Waals surface area contributed by atoms with Gasteiger partial charge in [0.05, 0.1) is 25.3 Å². The summed E-state index contributed by atoms with van der Waals surface area (Å²) < 4.78 is 15.2. The summed E-state index contributed by atoms with van der Waals surface area (Å²) in [6.45, 7) is 1.92. The van der Waals surface area contributed by atoms with Crippen LogP contribution in [0.1, 0.15) is 29.3 Å². The first-order valence-corrected chi connectivity index (χ1v) is 6.71. The number of carbonyl (C=O) groups excluding carboxylic acids is 1. The fourth-order valence-electron chi connectivity index (χ4n) is 1.87. The summed E-state index contributed by atoms with van der Waals surface area (Å²) in [5.74, 6) is 0.893. The Bertz CT molecular complexity index is 638. The lowest BCUT2D eigenvalue weighted by molar-refractivity contribution is 0.0562. The molecule has 0 aliphatic carbocycles. The van der Waals surface area contributed by atoms with Crippen molar-refractivity contribution in [2.75, 3.05) is 19.5 Å². The third-order valence-corrected chi connectivity index (χ3v) is 3.29. The molecule has 6 heteroatoms. The van der Waals surface area contributed by atoms with Crippen molar-refractivity contribution >= 4 is 23.3 Å². The van der Waals surface area contributed by atoms with E-state index < -0.39 is 5.97 Å². The number of hydrogen-bond acceptors (Lipinski definition) is 5. The van der Waals surface area contributed by atoms with Crippen molar-refractivity contribution in [3.63, 3.8) is 0 Å². The summed E-state index contributed by atoms with van der Waals surface area (Å²) in [5, 5.41) is 3.79. The highest BCUT2D eigenvalue weighted by Crippen LogP contribution is 2.29. The van der Waals surface area contributed by atoms with Gasteiger partial charge in [-0.3, -0.25) is 0 Å². The maximum atomic E-state index is 11.4. The third kappa shape index (κ3) is 3.49. The van der Waals surface area contributed by atoms with Crippen molar-refractivity contribution in [2.45, 2.75) is 13.0 Å². The van der Waals surface area contributed by atoms with Crippen LogP contribution in [0.15, 0.2) is 34.7 Å². The smallest absolute Gasteiger partial charge is 0.373 e. The SMILES string of the molecule is COC(=O)c1ccc(C(C)Nc2ccc(Cl)c(OC)c2)o1. The third-order valence-electron chi connectivity index (χ3n) is 2.97. The maximum absolute atomic E-state index is 11.4. The molecular formula is C15H16ClNO4. The van der Waals surface area contributed by atoms with Crippen LogP contribution in [0.4, 0.5) is 5.69 Å². The predicted octanol–water partition coefficient (Wildman–Crippen LogP) is 3.90. The Morgan fingerprint density at radius 2 is 2.05 bits per heavy atom. The van der Waals surface area contributed by atoms with E-state index in [1.54, 1.807) is 31.4 Å². The quantitative estimate of drug-likeness (QED) is 0.849. The number of hydrogen-bond donors (Lipinski definition) is 1. The van der Waals surface area contributed by atoms with E-state index in [-0.39, 0.29) is 11.8 Å². The molecule has 1 aromatic carbocycles. The van der Waals surface area contributed by atoms with E-state index in [2.05, 4.69) is 10.1 Å². The second kappa shape index (κ2) is 6.54. The summed E-state index contributed by atoms with van der Waals surface area (Å²) in [6, 6.07) is 8.57. The van der Waals surface area contributed by atoms with Crippen molar-refractivity contribution in [1.29, 1.82) is 0 Å². The zero-order valence-electron chi connectivity index (χ0n) is 12.0. The minimum atomic E-state index is -0.499. The second-order valence-electron chi connectivity index (χ2n) is 4.41. The molecule has 0 amide bonds. The van der Waals surface area contributed by atoms with Crippen LogP contribution in [0.2, 0.25) is 5.02 Å². The molecule has 0 fully saturated rings. The maximum Gasteiger partial charge on any atom is 0.373 e. The van der Waals surface area contributed by atoms with Gasteiger partial charge >= 0.3 is 5.97 Å². The normalized spacial score (nSPS) is 11.8. The van der Waals surface area contributed by atoms with Gasteiger partial charge in [-0.1, -0.05) is 11.6 Å². The van der Waals surface area contributed by atoms with Crippen LogP contribution in [-0.2, 0) is 4.74 Å². The molecule has 0 radical (unpaired) electrons. The van der Waals surface area contributed by atoms with Gasteiger partial charge in [0.2, 0.25) is 5.76 Å². The van der Waals surface area contributed by atoms with Crippen molar-refractivity contribution < 1.29 is 18.7 Å². The lowest BCUT2D eigenvalue weighted by atomic mass is 10.2. The molecule has 2 aromatic rings. The first-order valence-electron chi connectivity index (χ1n) is 6.33. The fourth-order valence-corrected chi connectivity index (χ4v) is 2.06. The van der Waals surface area contributed by atoms with Crippen LogP contribution < -0.4 is 10.1 Å². The van der Waals surface area contributed by atoms with Gasteiger partial charge in [-0.15, -0.1) is 0 Å². The number of methoxy groups -OCH3 is 2. The van der Waals surface area contributed by atoms with Crippen LogP contribution in [0.3, 0.4) is 0 Å². The lowest BCUT2D eigenvalue weighted by Gasteiger charge is -2.14. The van der Waals surface area contributed by atoms with E-state index in [1.807, 2.05) is 13.0 Å². The molecule has 5 nitrogen and oxygen atoms in total. The van der Waals surface area contributed by atoms with Crippen LogP contribution in [0.5, 0.6) is 5.75 Å². The summed E-state index contributed by atoms with van der Waals surface area (Å²) in [4.78, 5) is 11.4. The molecule has 0 saturated heterocycles. The monoisotopic (exact) mass is 309 g/mol. The van der Waals surface area contributed by atoms with E-state index in [0.29, 0.717) is 16.5 Å². The first-order chi connectivity index (χ1) is 10.0. The van der Waals surface area contributed by atoms with E-state index in [4.69, 9.17) is 20.8 Å². The van der Waals surface area contributed by atoms with Gasteiger partial charge in [-0.2, -0.15) is 0 Å². The average Bonchev–Trinajstić information content (AvgIpc) is 2.98. The number of furan rings is 1. The second-order valence-corrected chi connectivity index (χ2v) is 4.82. The molecule has 1 heterocycles. The Morgan fingerprint density at radius 3 is 2.71 bits per heavy atom. The highest BCUT2D eigenvalue weighted by Gasteiger charge is 2.15. The van der Waals surface area contributed by atoms with Crippen LogP contribution in [0, 0.1) is 0 Å². The van der Waals surface area contributed by atoms with Crippen LogP contribution in [-0.4, -0.2) is 20.2 Å². The van der Waals surface area contributed by atoms with Gasteiger partial charge in [-0.25, -0.2) is 4.79 Å². The standard InChI is InChI=1S/C15H16ClNO4/c1-9(12-6-7-13(21-12)15(18)20-3)17-10-4-5-11(16)14(8-10)19-2/h4-9,17H,1-3H3. The number of nitrogens with one attached hydrogen (secondary N) is 1. The number of halogens is 1. The lowest BCUT2D eigenvalue weighted by Crippen LogP contribution is -2.06. The minimum Gasteiger partial charge on any atom is -0.495 e. The van der Waals surface area contributed by atoms with Crippen molar-refractivity contribution in [2.24, 2.45) is 0 Å². The summed E-state index contributed by atoms with van der Waals surface area (Å²) in [7, 11) is 2.87. The zero-order chi connectivity index (χ0) is 15.4. The average molecular weight is 310 g/mol. The highest BCUT2D eigenvalue weighted by molar-refractivity contribution is 6.32. The molecule has 0 aliphatic rings. The molecule has 1 aromatic heterocycles. The number of rotatable bonds is 5. The van der Waals surface area contributed by atoms with E-state index in [1.165, 1.54) is 7.11 Å². The molecule has 0 aliphatic heterocycles. The summed E-state index contributed by atoms with van der Waals surface area (Å²) in [5.41, 5.74) is 0.833. The molecule has 1 N–H and O–H groups in total. The Kier molecular flexibility index (Phi) is 4.75. The Morgan fingerprint density at radius 1 is 1.29 bits per heavy atom. The molecular weight excluding hydrogens is 294 g/mol. The van der Waals surface area contributed by atoms with Gasteiger partial charge in [-0.05, 0) is 31.2 Å². The number of anilines is 1. The number of benzene rings is 1. The Balaban J connectivity index is 2.12. The van der Waals surface area contributed by atoms with Crippen molar-refractivity contribution in [1.82, 2.24) is 0 Å². The first kappa shape index (κ1) is 15.3. The molecule has 21 heavy (non-hydrogen) atoms. The number of ether oxygens (including phenoxy) is 2. The van der Waals surface area contributed by atoms with Crippen molar-refractivity contribution in [3.05, 3.63) is 46.9 Å². The summed E-state index contributed by atoms with van der Waals surface area (Å²) >= 11 is 5.98. The number of esters is 1. The molecule has 0 spiro atoms. The topological polar surface area (TPSA) is 60.7 Å². The van der Waals surface area contributed by atoms with Crippen LogP contribution >= 0.6 is 11.6 Å². The van der Waals surface area contributed by atoms with Gasteiger partial charge < -0.3 is 19.2 Å². The zero-order valence-corrected chi connectivity index (χ0v) is 12.7. The Hall–Kier alpha value is -2.14. The molecule has 1 unspecified atom stereocenters. The van der Waals surface area contributed by atoms with E-state index in [9.17, 15) is 4.79 Å². The molecule has 0 bridgehead atoms. The molecule has 1 atom stereocenters. The summed E-state index contributed by atoms with van der Waals surface area (Å²) in [6.07, 6.45) is 0. The van der Waals surface area contributed by atoms with E-state index >= 15 is 0 Å². The Labute approximate surface area is 127 Å². The van der Waals surface area contributed by atoms with Gasteiger partial charge in [0.15, 0.2) is 0 Å². The van der Waals surface area contributed by atoms with Crippen molar-refractivity contribution in [3.8, 4) is 5.75 Å². The highest BCUT2D eigenvalue weighted by atomic mass is 35.5. The predicted molar refractivity (Wildman–Crippen MR) is 80.1 cm³/mol. The molecule has 2 rings (SSSR count). The number of carbonyl (C=O) groups is 1. The van der Waals surface area contributed by atoms with E-state index in [0.717, 1.165) is 5.69 Å². The van der Waals surface area contributed by atoms with Crippen LogP contribution in [0.25, 0.3) is 0 Å². The molecule has 112 valence electrons. The van der Waals surface area contributed by atoms with Gasteiger partial charge in [0.1, 0.15) is 11.5 Å². The largest absolute Gasteiger partial charge is 0.495 e. The fraction of sp³-hybridized carbons (Fsp3) is 0.267. The minimum absolute atomic E-state index is 0.130.